The van der Waals surface area contributed by atoms with Crippen LogP contribution in [0, 0.1) is 22.7 Å². The minimum atomic E-state index is -6.00. The van der Waals surface area contributed by atoms with E-state index in [9.17, 15) is 34.5 Å². The Morgan fingerprint density at radius 2 is 0.651 bits per heavy atom. The van der Waals surface area contributed by atoms with Crippen LogP contribution in [0.15, 0.2) is 147 Å². The molecule has 0 aliphatic carbocycles. The van der Waals surface area contributed by atoms with Crippen molar-refractivity contribution in [1.82, 2.24) is 49.1 Å². The monoisotopic (exact) mass is 906 g/mol. The zero-order valence-corrected chi connectivity index (χ0v) is 33.2. The summed E-state index contributed by atoms with van der Waals surface area (Å²) >= 11 is 0. The molecule has 6 aromatic heterocycles. The van der Waals surface area contributed by atoms with Gasteiger partial charge < -0.3 is 34.5 Å². The Bertz CT molecular complexity index is 2440. The molecule has 0 N–H and O–H groups in total. The van der Waals surface area contributed by atoms with Gasteiger partial charge in [0, 0.05) is 49.6 Å². The average Bonchev–Trinajstić information content (AvgIpc) is 4.10. The Hall–Kier alpha value is -7.87. The Balaban J connectivity index is 0.000000225. The maximum Gasteiger partial charge on any atom is 2.00 e. The third-order valence-electron chi connectivity index (χ3n) is 7.61. The van der Waals surface area contributed by atoms with Crippen molar-refractivity contribution >= 4 is 38.8 Å². The van der Waals surface area contributed by atoms with E-state index in [1.54, 1.807) is 67.8 Å². The van der Waals surface area contributed by atoms with Gasteiger partial charge in [-0.1, -0.05) is 48.6 Å². The third-order valence-corrected chi connectivity index (χ3v) is 7.61. The molecule has 0 saturated heterocycles. The van der Waals surface area contributed by atoms with Crippen LogP contribution in [0.5, 0.6) is 0 Å². The van der Waals surface area contributed by atoms with Gasteiger partial charge in [0.05, 0.1) is 23.3 Å². The van der Waals surface area contributed by atoms with Crippen LogP contribution < -0.4 is 0 Å². The number of nitrogens with zero attached hydrogens (tertiary/aromatic N) is 12. The molecule has 318 valence electrons. The van der Waals surface area contributed by atoms with E-state index in [-0.39, 0.29) is 17.1 Å². The van der Waals surface area contributed by atoms with Crippen molar-refractivity contribution in [3.63, 3.8) is 0 Å². The molecule has 0 radical (unpaired) electrons. The predicted octanol–water partition coefficient (Wildman–Crippen LogP) is 9.59. The number of pyridine rings is 2. The number of halogens is 8. The van der Waals surface area contributed by atoms with Crippen LogP contribution >= 0.6 is 0 Å². The zero-order valence-electron chi connectivity index (χ0n) is 32.1. The third kappa shape index (κ3) is 16.6. The van der Waals surface area contributed by atoms with Gasteiger partial charge in [-0.15, -0.1) is 0 Å². The number of nitriles is 2. The van der Waals surface area contributed by atoms with Crippen LogP contribution in [0.3, 0.4) is 0 Å². The van der Waals surface area contributed by atoms with Gasteiger partial charge in [-0.05, 0) is 95.1 Å². The van der Waals surface area contributed by atoms with Gasteiger partial charge in [0.2, 0.25) is 0 Å². The van der Waals surface area contributed by atoms with E-state index >= 15 is 0 Å². The van der Waals surface area contributed by atoms with Crippen LogP contribution in [0.4, 0.5) is 34.5 Å². The van der Waals surface area contributed by atoms with Crippen LogP contribution in [-0.4, -0.2) is 63.6 Å². The SMILES string of the molecule is F[B-](F)(F)F.F[B-](F)(F)F.N#Cc1ccc(/C=C\c2cc(-n3cccn3)nc(-n3cccn3)c2)cc1.N#Cc1ccc(/C=C\c2cc(-n3cccn3)nc(-n3cccn3)c2)cc1.[Fe+2]. The largest absolute Gasteiger partial charge is 2.00 e. The molecule has 8 rings (SSSR count). The summed E-state index contributed by atoms with van der Waals surface area (Å²) in [4.78, 5) is 9.25. The standard InChI is InChI=1S/2C20H14N6.2BF4.Fe/c2*21-15-17-6-3-16(4-7-17)5-8-18-13-19(25-11-1-9-22-25)24-20(14-18)26-12-2-10-23-26;2*2-1(3,4)5;/h2*1-14H;;;/q;;2*-1;+2/b2*8-5-;;;. The number of hydrogen-bond donors (Lipinski definition) is 0. The van der Waals surface area contributed by atoms with Crippen LogP contribution in [0.2, 0.25) is 0 Å². The second-order valence-electron chi connectivity index (χ2n) is 12.2. The molecule has 23 heteroatoms. The Labute approximate surface area is 364 Å². The molecule has 0 aliphatic rings. The molecule has 8 aromatic rings. The van der Waals surface area contributed by atoms with Crippen LogP contribution in [0.25, 0.3) is 47.6 Å². The smallest absolute Gasteiger partial charge is 0.418 e. The van der Waals surface area contributed by atoms with Gasteiger partial charge >= 0.3 is 31.6 Å². The van der Waals surface area contributed by atoms with E-state index < -0.39 is 14.5 Å². The van der Waals surface area contributed by atoms with Crippen molar-refractivity contribution in [3.05, 3.63) is 180 Å². The predicted molar refractivity (Wildman–Crippen MR) is 218 cm³/mol. The van der Waals surface area contributed by atoms with E-state index in [1.807, 2.05) is 122 Å². The normalized spacial score (nSPS) is 10.9. The van der Waals surface area contributed by atoms with Gasteiger partial charge in [0.1, 0.15) is 0 Å². The molecule has 2 aromatic carbocycles. The summed E-state index contributed by atoms with van der Waals surface area (Å²) in [6, 6.07) is 34.4. The molecule has 12 nitrogen and oxygen atoms in total. The fourth-order valence-corrected chi connectivity index (χ4v) is 5.05. The molecule has 0 unspecified atom stereocenters. The maximum atomic E-state index is 9.75. The van der Waals surface area contributed by atoms with Gasteiger partial charge in [-0.3, -0.25) is 0 Å². The molecule has 0 fully saturated rings. The van der Waals surface area contributed by atoms with Crippen molar-refractivity contribution in [2.24, 2.45) is 0 Å². The number of benzene rings is 2. The zero-order chi connectivity index (χ0) is 44.5. The van der Waals surface area contributed by atoms with Gasteiger partial charge in [-0.2, -0.15) is 30.9 Å². The summed E-state index contributed by atoms with van der Waals surface area (Å²) < 4.78 is 84.9. The molecular formula is C40H28B2F8FeN12. The molecule has 0 bridgehead atoms. The Kier molecular flexibility index (Phi) is 17.2. The van der Waals surface area contributed by atoms with E-state index in [0.717, 1.165) is 22.3 Å². The fraction of sp³-hybridized carbons (Fsp3) is 0. The molecule has 0 aliphatic heterocycles. The number of rotatable bonds is 8. The van der Waals surface area contributed by atoms with Crippen molar-refractivity contribution in [3.8, 4) is 35.4 Å². The summed E-state index contributed by atoms with van der Waals surface area (Å²) in [5.41, 5.74) is 5.27. The molecule has 0 saturated carbocycles. The number of hydrogen-bond acceptors (Lipinski definition) is 8. The second kappa shape index (κ2) is 22.7. The van der Waals surface area contributed by atoms with Crippen LogP contribution in [-0.2, 0) is 17.1 Å². The first-order valence-corrected chi connectivity index (χ1v) is 17.8. The van der Waals surface area contributed by atoms with E-state index in [4.69, 9.17) is 10.5 Å². The van der Waals surface area contributed by atoms with Crippen molar-refractivity contribution in [1.29, 1.82) is 10.5 Å². The topological polar surface area (TPSA) is 145 Å². The van der Waals surface area contributed by atoms with Gasteiger partial charge in [0.15, 0.2) is 23.3 Å². The first kappa shape index (κ1) is 47.8. The molecule has 0 atom stereocenters. The number of aromatic nitrogens is 10. The second-order valence-corrected chi connectivity index (χ2v) is 12.2. The van der Waals surface area contributed by atoms with Crippen LogP contribution in [0.1, 0.15) is 33.4 Å². The molecule has 6 heterocycles. The molecule has 63 heavy (non-hydrogen) atoms. The maximum absolute atomic E-state index is 9.75. The Morgan fingerprint density at radius 1 is 0.413 bits per heavy atom. The van der Waals surface area contributed by atoms with E-state index in [0.29, 0.717) is 34.4 Å². The van der Waals surface area contributed by atoms with Crippen molar-refractivity contribution in [2.75, 3.05) is 0 Å². The van der Waals surface area contributed by atoms with Crippen molar-refractivity contribution < 1.29 is 51.6 Å². The summed E-state index contributed by atoms with van der Waals surface area (Å²) in [5, 5.41) is 34.8. The summed E-state index contributed by atoms with van der Waals surface area (Å²) in [5.74, 6) is 2.84. The average molecular weight is 906 g/mol. The van der Waals surface area contributed by atoms with Gasteiger partial charge in [0.25, 0.3) is 0 Å². The minimum Gasteiger partial charge on any atom is -0.418 e. The first-order chi connectivity index (χ1) is 29.6. The molecular weight excluding hydrogens is 878 g/mol. The Morgan fingerprint density at radius 3 is 0.857 bits per heavy atom. The fourth-order valence-electron chi connectivity index (χ4n) is 5.05. The summed E-state index contributed by atoms with van der Waals surface area (Å²) in [6.07, 6.45) is 22.3. The molecule has 0 spiro atoms. The van der Waals surface area contributed by atoms with E-state index in [1.165, 1.54) is 0 Å². The summed E-state index contributed by atoms with van der Waals surface area (Å²) in [6.45, 7) is 0. The first-order valence-electron chi connectivity index (χ1n) is 17.8. The quantitative estimate of drug-likeness (QED) is 0.108. The minimum absolute atomic E-state index is 0. The molecule has 0 amide bonds. The van der Waals surface area contributed by atoms with E-state index in [2.05, 4.69) is 42.5 Å². The van der Waals surface area contributed by atoms with Crippen molar-refractivity contribution in [2.45, 2.75) is 0 Å². The van der Waals surface area contributed by atoms with Gasteiger partial charge in [-0.25, -0.2) is 28.7 Å². The summed E-state index contributed by atoms with van der Waals surface area (Å²) in [7, 11) is -12.0.